The summed E-state index contributed by atoms with van der Waals surface area (Å²) in [6.07, 6.45) is 4.35. The number of rotatable bonds is 9. The lowest BCUT2D eigenvalue weighted by Crippen LogP contribution is -2.48. The molecule has 0 aliphatic carbocycles. The van der Waals surface area contributed by atoms with Crippen LogP contribution in [0.3, 0.4) is 0 Å². The zero-order chi connectivity index (χ0) is 27.0. The molecule has 5 heteroatoms. The summed E-state index contributed by atoms with van der Waals surface area (Å²) in [5, 5.41) is 0. The largest absolute Gasteiger partial charge is 0.493 e. The number of ether oxygens (including phenoxy) is 2. The van der Waals surface area contributed by atoms with Crippen LogP contribution >= 0.6 is 0 Å². The van der Waals surface area contributed by atoms with Gasteiger partial charge in [-0.15, -0.1) is 0 Å². The molecule has 200 valence electrons. The minimum absolute atomic E-state index is 0.0586. The SMILES string of the molecule is CCOc1ccc(C(=O)N2CCN(C/C=C/c3ccccc3)CC2)cc1COc1ccc(C(C)(C)C)cc1. The third kappa shape index (κ3) is 7.48. The normalized spacial score (nSPS) is 14.6. The summed E-state index contributed by atoms with van der Waals surface area (Å²) in [6.45, 7) is 13.5. The predicted octanol–water partition coefficient (Wildman–Crippen LogP) is 6.43. The van der Waals surface area contributed by atoms with E-state index in [2.05, 4.69) is 62.1 Å². The molecule has 3 aromatic carbocycles. The van der Waals surface area contributed by atoms with Crippen LogP contribution < -0.4 is 9.47 Å². The van der Waals surface area contributed by atoms with Crippen molar-refractivity contribution in [3.05, 3.63) is 101 Å². The van der Waals surface area contributed by atoms with Crippen molar-refractivity contribution >= 4 is 12.0 Å². The Bertz CT molecular complexity index is 1210. The van der Waals surface area contributed by atoms with Crippen molar-refractivity contribution in [3.8, 4) is 11.5 Å². The fraction of sp³-hybridized carbons (Fsp3) is 0.364. The van der Waals surface area contributed by atoms with E-state index in [0.717, 1.165) is 49.8 Å². The van der Waals surface area contributed by atoms with E-state index >= 15 is 0 Å². The highest BCUT2D eigenvalue weighted by Crippen LogP contribution is 2.27. The highest BCUT2D eigenvalue weighted by atomic mass is 16.5. The zero-order valence-corrected chi connectivity index (χ0v) is 23.2. The Morgan fingerprint density at radius 2 is 1.61 bits per heavy atom. The van der Waals surface area contributed by atoms with Gasteiger partial charge in [-0.05, 0) is 53.8 Å². The van der Waals surface area contributed by atoms with Crippen molar-refractivity contribution < 1.29 is 14.3 Å². The van der Waals surface area contributed by atoms with E-state index in [1.807, 2.05) is 60.4 Å². The van der Waals surface area contributed by atoms with Crippen LogP contribution in [0.15, 0.2) is 78.9 Å². The number of hydrogen-bond acceptors (Lipinski definition) is 4. The van der Waals surface area contributed by atoms with Crippen molar-refractivity contribution in [2.45, 2.75) is 39.7 Å². The molecule has 1 saturated heterocycles. The average Bonchev–Trinajstić information content (AvgIpc) is 2.93. The lowest BCUT2D eigenvalue weighted by atomic mass is 9.87. The molecule has 0 saturated carbocycles. The molecule has 1 heterocycles. The molecule has 0 spiro atoms. The van der Waals surface area contributed by atoms with Crippen LogP contribution in [-0.2, 0) is 12.0 Å². The molecular weight excluding hydrogens is 472 g/mol. The molecule has 5 nitrogen and oxygen atoms in total. The van der Waals surface area contributed by atoms with Gasteiger partial charge < -0.3 is 14.4 Å². The summed E-state index contributed by atoms with van der Waals surface area (Å²) in [4.78, 5) is 17.7. The first kappa shape index (κ1) is 27.5. The first-order chi connectivity index (χ1) is 18.3. The molecule has 38 heavy (non-hydrogen) atoms. The van der Waals surface area contributed by atoms with Crippen molar-refractivity contribution in [2.75, 3.05) is 39.3 Å². The molecule has 0 atom stereocenters. The Labute approximate surface area is 227 Å². The number of amides is 1. The summed E-state index contributed by atoms with van der Waals surface area (Å²) in [6, 6.07) is 24.2. The van der Waals surface area contributed by atoms with E-state index in [1.165, 1.54) is 11.1 Å². The fourth-order valence-electron chi connectivity index (χ4n) is 4.55. The standard InChI is InChI=1S/C33H40N2O3/c1-5-37-31-18-13-27(24-28(31)25-38-30-16-14-29(15-17-30)33(2,3)4)32(36)35-22-20-34(21-23-35)19-9-12-26-10-7-6-8-11-26/h6-18,24H,5,19-23,25H2,1-4H3/b12-9+. The van der Waals surface area contributed by atoms with Gasteiger partial charge in [0.25, 0.3) is 5.91 Å². The third-order valence-electron chi connectivity index (χ3n) is 6.85. The first-order valence-electron chi connectivity index (χ1n) is 13.6. The Kier molecular flexibility index (Phi) is 9.24. The fourth-order valence-corrected chi connectivity index (χ4v) is 4.55. The molecule has 0 unspecified atom stereocenters. The summed E-state index contributed by atoms with van der Waals surface area (Å²) in [5.41, 5.74) is 4.12. The van der Waals surface area contributed by atoms with Gasteiger partial charge in [0.2, 0.25) is 0 Å². The minimum atomic E-state index is 0.0586. The van der Waals surface area contributed by atoms with Crippen LogP contribution in [0, 0.1) is 0 Å². The lowest BCUT2D eigenvalue weighted by molar-refractivity contribution is 0.0650. The number of piperazine rings is 1. The molecule has 0 N–H and O–H groups in total. The number of hydrogen-bond donors (Lipinski definition) is 0. The van der Waals surface area contributed by atoms with Crippen LogP contribution in [0.1, 0.15) is 54.7 Å². The van der Waals surface area contributed by atoms with E-state index in [-0.39, 0.29) is 11.3 Å². The van der Waals surface area contributed by atoms with Crippen molar-refractivity contribution in [2.24, 2.45) is 0 Å². The molecule has 0 radical (unpaired) electrons. The van der Waals surface area contributed by atoms with Gasteiger partial charge in [0.05, 0.1) is 6.61 Å². The molecule has 3 aromatic rings. The van der Waals surface area contributed by atoms with E-state index in [9.17, 15) is 4.79 Å². The lowest BCUT2D eigenvalue weighted by Gasteiger charge is -2.34. The molecule has 1 fully saturated rings. The second kappa shape index (κ2) is 12.8. The highest BCUT2D eigenvalue weighted by molar-refractivity contribution is 5.94. The highest BCUT2D eigenvalue weighted by Gasteiger charge is 2.22. The first-order valence-corrected chi connectivity index (χ1v) is 13.6. The Hall–Kier alpha value is -3.57. The van der Waals surface area contributed by atoms with Gasteiger partial charge >= 0.3 is 0 Å². The van der Waals surface area contributed by atoms with Crippen molar-refractivity contribution in [1.82, 2.24) is 9.80 Å². The van der Waals surface area contributed by atoms with Gasteiger partial charge in [-0.1, -0.05) is 75.4 Å². The quantitative estimate of drug-likeness (QED) is 0.331. The van der Waals surface area contributed by atoms with Gasteiger partial charge in [-0.25, -0.2) is 0 Å². The monoisotopic (exact) mass is 512 g/mol. The summed E-state index contributed by atoms with van der Waals surface area (Å²) < 4.78 is 11.9. The van der Waals surface area contributed by atoms with Crippen LogP contribution in [-0.4, -0.2) is 55.0 Å². The van der Waals surface area contributed by atoms with Crippen LogP contribution in [0.2, 0.25) is 0 Å². The Morgan fingerprint density at radius 3 is 2.26 bits per heavy atom. The molecule has 1 amide bonds. The van der Waals surface area contributed by atoms with Gasteiger partial charge in [0.15, 0.2) is 0 Å². The van der Waals surface area contributed by atoms with E-state index in [1.54, 1.807) is 0 Å². The Morgan fingerprint density at radius 1 is 0.895 bits per heavy atom. The zero-order valence-electron chi connectivity index (χ0n) is 23.2. The molecule has 0 aromatic heterocycles. The van der Waals surface area contributed by atoms with Gasteiger partial charge in [0.1, 0.15) is 18.1 Å². The van der Waals surface area contributed by atoms with Crippen molar-refractivity contribution in [1.29, 1.82) is 0 Å². The average molecular weight is 513 g/mol. The minimum Gasteiger partial charge on any atom is -0.493 e. The number of carbonyl (C=O) groups is 1. The van der Waals surface area contributed by atoms with Crippen LogP contribution in [0.4, 0.5) is 0 Å². The maximum Gasteiger partial charge on any atom is 0.253 e. The van der Waals surface area contributed by atoms with Crippen molar-refractivity contribution in [3.63, 3.8) is 0 Å². The molecule has 4 rings (SSSR count). The molecule has 1 aliphatic rings. The van der Waals surface area contributed by atoms with Crippen LogP contribution in [0.25, 0.3) is 6.08 Å². The van der Waals surface area contributed by atoms with Gasteiger partial charge in [-0.2, -0.15) is 0 Å². The van der Waals surface area contributed by atoms with Crippen LogP contribution in [0.5, 0.6) is 11.5 Å². The topological polar surface area (TPSA) is 42.0 Å². The molecular formula is C33H40N2O3. The molecule has 0 bridgehead atoms. The predicted molar refractivity (Wildman–Crippen MR) is 155 cm³/mol. The second-order valence-corrected chi connectivity index (χ2v) is 10.7. The van der Waals surface area contributed by atoms with E-state index < -0.39 is 0 Å². The summed E-state index contributed by atoms with van der Waals surface area (Å²) in [7, 11) is 0. The van der Waals surface area contributed by atoms with Gasteiger partial charge in [0, 0.05) is 43.9 Å². The number of carbonyl (C=O) groups excluding carboxylic acids is 1. The maximum atomic E-state index is 13.3. The maximum absolute atomic E-state index is 13.3. The number of nitrogens with zero attached hydrogens (tertiary/aromatic N) is 2. The molecule has 1 aliphatic heterocycles. The Balaban J connectivity index is 1.35. The smallest absolute Gasteiger partial charge is 0.253 e. The van der Waals surface area contributed by atoms with Gasteiger partial charge in [-0.3, -0.25) is 9.69 Å². The van der Waals surface area contributed by atoms with E-state index in [4.69, 9.17) is 9.47 Å². The van der Waals surface area contributed by atoms with E-state index in [0.29, 0.717) is 18.8 Å². The number of benzene rings is 3. The second-order valence-electron chi connectivity index (χ2n) is 10.7. The summed E-state index contributed by atoms with van der Waals surface area (Å²) >= 11 is 0. The third-order valence-corrected chi connectivity index (χ3v) is 6.85. The summed E-state index contributed by atoms with van der Waals surface area (Å²) in [5.74, 6) is 1.61.